The van der Waals surface area contributed by atoms with Crippen molar-refractivity contribution >= 4 is 29.9 Å². The van der Waals surface area contributed by atoms with Crippen LogP contribution < -0.4 is 5.32 Å². The molecule has 27 heavy (non-hydrogen) atoms. The van der Waals surface area contributed by atoms with Gasteiger partial charge in [-0.25, -0.2) is 0 Å². The van der Waals surface area contributed by atoms with Crippen molar-refractivity contribution in [2.75, 3.05) is 39.8 Å². The lowest BCUT2D eigenvalue weighted by atomic mass is 10.1. The second-order valence-electron chi connectivity index (χ2n) is 6.82. The van der Waals surface area contributed by atoms with Crippen LogP contribution in [0.4, 0.5) is 0 Å². The number of likely N-dealkylation sites (tertiary alicyclic amines) is 1. The number of halogens is 1. The van der Waals surface area contributed by atoms with E-state index in [4.69, 9.17) is 4.74 Å². The van der Waals surface area contributed by atoms with Gasteiger partial charge in [-0.2, -0.15) is 0 Å². The molecule has 1 fully saturated rings. The van der Waals surface area contributed by atoms with Crippen LogP contribution in [0.3, 0.4) is 0 Å². The third-order valence-electron chi connectivity index (χ3n) is 5.10. The topological polar surface area (TPSA) is 40.1 Å². The monoisotopic (exact) mass is 488 g/mol. The Morgan fingerprint density at radius 1 is 1.19 bits per heavy atom. The van der Waals surface area contributed by atoms with Crippen LogP contribution in [-0.4, -0.2) is 61.7 Å². The predicted octanol–water partition coefficient (Wildman–Crippen LogP) is 3.72. The first-order valence-corrected chi connectivity index (χ1v) is 10.1. The summed E-state index contributed by atoms with van der Waals surface area (Å²) >= 11 is 0. The van der Waals surface area contributed by atoms with Gasteiger partial charge in [0.2, 0.25) is 0 Å². The average molecular weight is 488 g/mol. The van der Waals surface area contributed by atoms with E-state index in [9.17, 15) is 0 Å². The molecular formula is C21H37IN4O. The first-order valence-electron chi connectivity index (χ1n) is 10.1. The third kappa shape index (κ3) is 7.95. The number of hydrogen-bond donors (Lipinski definition) is 1. The highest BCUT2D eigenvalue weighted by molar-refractivity contribution is 14.0. The summed E-state index contributed by atoms with van der Waals surface area (Å²) in [5.74, 6) is 0.995. The molecule has 0 aliphatic carbocycles. The minimum absolute atomic E-state index is 0. The van der Waals surface area contributed by atoms with Gasteiger partial charge < -0.3 is 15.0 Å². The summed E-state index contributed by atoms with van der Waals surface area (Å²) < 4.78 is 5.75. The maximum absolute atomic E-state index is 5.75. The molecule has 1 aromatic carbocycles. The molecule has 0 radical (unpaired) electrons. The number of benzene rings is 1. The van der Waals surface area contributed by atoms with Crippen molar-refractivity contribution in [1.29, 1.82) is 0 Å². The van der Waals surface area contributed by atoms with E-state index in [-0.39, 0.29) is 24.0 Å². The summed E-state index contributed by atoms with van der Waals surface area (Å²) in [4.78, 5) is 9.26. The first-order chi connectivity index (χ1) is 12.7. The molecule has 1 N–H and O–H groups in total. The Morgan fingerprint density at radius 3 is 2.44 bits per heavy atom. The van der Waals surface area contributed by atoms with Crippen LogP contribution in [-0.2, 0) is 17.8 Å². The standard InChI is InChI=1S/C21H36N4O.HI/c1-5-24(6-2)17-19-10-8-9-18(15-19)16-23-21(22-4)25-13-11-20(12-14-25)26-7-3;/h8-10,15,20H,5-7,11-14,16-17H2,1-4H3,(H,22,23);1H. The number of guanidine groups is 1. The highest BCUT2D eigenvalue weighted by Crippen LogP contribution is 2.14. The Hall–Kier alpha value is -0.860. The molecule has 1 heterocycles. The van der Waals surface area contributed by atoms with Crippen LogP contribution in [0.1, 0.15) is 44.7 Å². The van der Waals surface area contributed by atoms with Crippen LogP contribution in [0.2, 0.25) is 0 Å². The fraction of sp³-hybridized carbons (Fsp3) is 0.667. The summed E-state index contributed by atoms with van der Waals surface area (Å²) in [6.07, 6.45) is 2.56. The lowest BCUT2D eigenvalue weighted by Gasteiger charge is -2.34. The van der Waals surface area contributed by atoms with Gasteiger partial charge in [-0.1, -0.05) is 38.1 Å². The van der Waals surface area contributed by atoms with Gasteiger partial charge in [-0.15, -0.1) is 24.0 Å². The van der Waals surface area contributed by atoms with Gasteiger partial charge in [0.1, 0.15) is 0 Å². The van der Waals surface area contributed by atoms with E-state index < -0.39 is 0 Å². The Kier molecular flexibility index (Phi) is 11.9. The number of ether oxygens (including phenoxy) is 1. The first kappa shape index (κ1) is 24.2. The van der Waals surface area contributed by atoms with E-state index in [0.29, 0.717) is 6.10 Å². The minimum Gasteiger partial charge on any atom is -0.378 e. The Labute approximate surface area is 182 Å². The van der Waals surface area contributed by atoms with Gasteiger partial charge in [-0.3, -0.25) is 9.89 Å². The van der Waals surface area contributed by atoms with Gasteiger partial charge in [0, 0.05) is 39.8 Å². The Balaban J connectivity index is 0.00000364. The van der Waals surface area contributed by atoms with Crippen molar-refractivity contribution in [1.82, 2.24) is 15.1 Å². The van der Waals surface area contributed by atoms with E-state index in [1.54, 1.807) is 0 Å². The SMILES string of the molecule is CCOC1CCN(C(=NC)NCc2cccc(CN(CC)CC)c2)CC1.I. The predicted molar refractivity (Wildman–Crippen MR) is 125 cm³/mol. The van der Waals surface area contributed by atoms with E-state index in [1.807, 2.05) is 7.05 Å². The zero-order chi connectivity index (χ0) is 18.8. The lowest BCUT2D eigenvalue weighted by Crippen LogP contribution is -2.46. The van der Waals surface area contributed by atoms with Crippen LogP contribution in [0, 0.1) is 0 Å². The number of piperidine rings is 1. The van der Waals surface area contributed by atoms with Gasteiger partial charge >= 0.3 is 0 Å². The van der Waals surface area contributed by atoms with Crippen molar-refractivity contribution < 1.29 is 4.74 Å². The zero-order valence-electron chi connectivity index (χ0n) is 17.4. The van der Waals surface area contributed by atoms with Crippen molar-refractivity contribution in [2.24, 2.45) is 4.99 Å². The van der Waals surface area contributed by atoms with Crippen LogP contribution in [0.5, 0.6) is 0 Å². The van der Waals surface area contributed by atoms with Crippen molar-refractivity contribution in [2.45, 2.75) is 52.8 Å². The minimum atomic E-state index is 0. The number of nitrogens with zero attached hydrogens (tertiary/aromatic N) is 3. The number of rotatable bonds is 8. The molecule has 154 valence electrons. The largest absolute Gasteiger partial charge is 0.378 e. The Bertz CT molecular complexity index is 555. The van der Waals surface area contributed by atoms with Gasteiger partial charge in [0.25, 0.3) is 0 Å². The molecule has 2 rings (SSSR count). The fourth-order valence-corrected chi connectivity index (χ4v) is 3.53. The van der Waals surface area contributed by atoms with Crippen molar-refractivity contribution in [3.8, 4) is 0 Å². The van der Waals surface area contributed by atoms with Gasteiger partial charge in [0.15, 0.2) is 5.96 Å². The maximum atomic E-state index is 5.75. The normalized spacial score (nSPS) is 15.7. The second-order valence-corrected chi connectivity index (χ2v) is 6.82. The third-order valence-corrected chi connectivity index (χ3v) is 5.10. The average Bonchev–Trinajstić information content (AvgIpc) is 2.68. The van der Waals surface area contributed by atoms with Crippen molar-refractivity contribution in [3.05, 3.63) is 35.4 Å². The van der Waals surface area contributed by atoms with Crippen molar-refractivity contribution in [3.63, 3.8) is 0 Å². The van der Waals surface area contributed by atoms with E-state index in [1.165, 1.54) is 11.1 Å². The maximum Gasteiger partial charge on any atom is 0.193 e. The molecule has 1 aromatic rings. The van der Waals surface area contributed by atoms with Gasteiger partial charge in [0.05, 0.1) is 6.10 Å². The molecular weight excluding hydrogens is 451 g/mol. The molecule has 0 saturated carbocycles. The summed E-state index contributed by atoms with van der Waals surface area (Å²) in [5.41, 5.74) is 2.68. The molecule has 0 amide bonds. The molecule has 6 heteroatoms. The molecule has 0 atom stereocenters. The lowest BCUT2D eigenvalue weighted by molar-refractivity contribution is 0.0263. The molecule has 1 saturated heterocycles. The second kappa shape index (κ2) is 13.3. The molecule has 1 aliphatic rings. The highest BCUT2D eigenvalue weighted by Gasteiger charge is 2.21. The van der Waals surface area contributed by atoms with Crippen LogP contribution in [0.15, 0.2) is 29.3 Å². The van der Waals surface area contributed by atoms with Crippen LogP contribution in [0.25, 0.3) is 0 Å². The molecule has 0 spiro atoms. The molecule has 0 unspecified atom stereocenters. The molecule has 1 aliphatic heterocycles. The summed E-state index contributed by atoms with van der Waals surface area (Å²) in [5, 5.41) is 3.53. The van der Waals surface area contributed by atoms with Crippen LogP contribution >= 0.6 is 24.0 Å². The zero-order valence-corrected chi connectivity index (χ0v) is 19.7. The number of nitrogens with one attached hydrogen (secondary N) is 1. The van der Waals surface area contributed by atoms with E-state index >= 15 is 0 Å². The highest BCUT2D eigenvalue weighted by atomic mass is 127. The quantitative estimate of drug-likeness (QED) is 0.344. The van der Waals surface area contributed by atoms with Gasteiger partial charge in [-0.05, 0) is 44.0 Å². The fourth-order valence-electron chi connectivity index (χ4n) is 3.53. The summed E-state index contributed by atoms with van der Waals surface area (Å²) in [6.45, 7) is 13.3. The molecule has 0 bridgehead atoms. The summed E-state index contributed by atoms with van der Waals surface area (Å²) in [7, 11) is 1.87. The number of hydrogen-bond acceptors (Lipinski definition) is 3. The smallest absolute Gasteiger partial charge is 0.193 e. The molecule has 5 nitrogen and oxygen atoms in total. The van der Waals surface area contributed by atoms with E-state index in [2.05, 4.69) is 65.1 Å². The number of aliphatic imine (C=N–C) groups is 1. The Morgan fingerprint density at radius 2 is 1.85 bits per heavy atom. The molecule has 0 aromatic heterocycles. The summed E-state index contributed by atoms with van der Waals surface area (Å²) in [6, 6.07) is 8.87. The van der Waals surface area contributed by atoms with E-state index in [0.717, 1.165) is 64.7 Å².